The van der Waals surface area contributed by atoms with Gasteiger partial charge in [0.25, 0.3) is 0 Å². The van der Waals surface area contributed by atoms with E-state index in [1.807, 2.05) is 0 Å². The van der Waals surface area contributed by atoms with E-state index in [2.05, 4.69) is 0 Å². The van der Waals surface area contributed by atoms with Crippen molar-refractivity contribution < 1.29 is 23.1 Å². The first-order chi connectivity index (χ1) is 4.09. The van der Waals surface area contributed by atoms with Gasteiger partial charge in [0.15, 0.2) is 6.17 Å². The van der Waals surface area contributed by atoms with E-state index in [1.54, 1.807) is 0 Å². The van der Waals surface area contributed by atoms with Crippen molar-refractivity contribution in [2.24, 2.45) is 0 Å². The highest BCUT2D eigenvalue weighted by atomic mass is 19.2. The molecule has 0 saturated heterocycles. The van der Waals surface area contributed by atoms with Gasteiger partial charge >= 0.3 is 5.97 Å². The van der Waals surface area contributed by atoms with Gasteiger partial charge in [-0.25, -0.2) is 18.0 Å². The van der Waals surface area contributed by atoms with E-state index in [0.29, 0.717) is 0 Å². The van der Waals surface area contributed by atoms with E-state index in [9.17, 15) is 18.0 Å². The Morgan fingerprint density at radius 3 is 2.11 bits per heavy atom. The molecule has 0 rings (SSSR count). The Balaban J connectivity index is 3.72. The lowest BCUT2D eigenvalue weighted by molar-refractivity contribution is -0.145. The fourth-order valence-corrected chi connectivity index (χ4v) is 0.233. The molecule has 0 saturated carbocycles. The normalized spacial score (nSPS) is 16.8. The summed E-state index contributed by atoms with van der Waals surface area (Å²) < 4.78 is 34.5. The van der Waals surface area contributed by atoms with E-state index >= 15 is 0 Å². The molecule has 2 nitrogen and oxygen atoms in total. The lowest BCUT2D eigenvalue weighted by Gasteiger charge is -2.02. The zero-order valence-corrected chi connectivity index (χ0v) is 4.35. The summed E-state index contributed by atoms with van der Waals surface area (Å²) in [6, 6.07) is 0. The molecule has 0 aromatic heterocycles. The maximum Gasteiger partial charge on any atom is 0.341 e. The quantitative estimate of drug-likeness (QED) is 0.630. The number of hydrogen-bond acceptors (Lipinski definition) is 1. The van der Waals surface area contributed by atoms with Crippen LogP contribution >= 0.6 is 0 Å². The lowest BCUT2D eigenvalue weighted by Crippen LogP contribution is -2.27. The summed E-state index contributed by atoms with van der Waals surface area (Å²) in [5.74, 6) is -1.97. The second-order valence-electron chi connectivity index (χ2n) is 1.41. The minimum Gasteiger partial charge on any atom is -0.479 e. The lowest BCUT2D eigenvalue weighted by atomic mass is 10.3. The molecular formula is C4H5F3O2. The minimum atomic E-state index is -2.74. The largest absolute Gasteiger partial charge is 0.479 e. The maximum atomic E-state index is 11.7. The number of carboxylic acids is 1. The first-order valence-electron chi connectivity index (χ1n) is 2.16. The summed E-state index contributed by atoms with van der Waals surface area (Å²) >= 11 is 0. The molecule has 2 atom stereocenters. The van der Waals surface area contributed by atoms with Crippen molar-refractivity contribution in [3.63, 3.8) is 0 Å². The van der Waals surface area contributed by atoms with E-state index < -0.39 is 25.0 Å². The molecule has 5 heteroatoms. The van der Waals surface area contributed by atoms with E-state index in [4.69, 9.17) is 5.11 Å². The summed E-state index contributed by atoms with van der Waals surface area (Å²) in [6.45, 7) is -1.60. The van der Waals surface area contributed by atoms with Crippen LogP contribution in [0.5, 0.6) is 0 Å². The molecule has 0 amide bonds. The van der Waals surface area contributed by atoms with Crippen molar-refractivity contribution in [1.29, 1.82) is 0 Å². The number of halogens is 3. The van der Waals surface area contributed by atoms with Gasteiger partial charge < -0.3 is 5.11 Å². The Kier molecular flexibility index (Phi) is 3.05. The molecule has 0 aliphatic heterocycles. The zero-order valence-electron chi connectivity index (χ0n) is 4.35. The molecule has 2 unspecified atom stereocenters. The molecule has 0 aromatic carbocycles. The van der Waals surface area contributed by atoms with Gasteiger partial charge in [-0.3, -0.25) is 0 Å². The average molecular weight is 142 g/mol. The van der Waals surface area contributed by atoms with Crippen LogP contribution in [0.2, 0.25) is 0 Å². The predicted molar refractivity (Wildman–Crippen MR) is 23.4 cm³/mol. The molecule has 0 fully saturated rings. The summed E-state index contributed by atoms with van der Waals surface area (Å²) in [7, 11) is 0. The number of carbonyl (C=O) groups is 1. The fourth-order valence-electron chi connectivity index (χ4n) is 0.233. The molecule has 0 spiro atoms. The first kappa shape index (κ1) is 8.26. The Morgan fingerprint density at radius 2 is 2.00 bits per heavy atom. The van der Waals surface area contributed by atoms with E-state index in [1.165, 1.54) is 0 Å². The minimum absolute atomic E-state index is 1.60. The molecule has 0 heterocycles. The number of alkyl halides is 3. The highest BCUT2D eigenvalue weighted by Crippen LogP contribution is 2.03. The van der Waals surface area contributed by atoms with Crippen LogP contribution in [0, 0.1) is 0 Å². The first-order valence-corrected chi connectivity index (χ1v) is 2.16. The topological polar surface area (TPSA) is 37.3 Å². The Morgan fingerprint density at radius 1 is 1.56 bits per heavy atom. The number of hydrogen-bond donors (Lipinski definition) is 1. The molecule has 0 aliphatic carbocycles. The third-order valence-corrected chi connectivity index (χ3v) is 0.701. The van der Waals surface area contributed by atoms with Gasteiger partial charge in [0.2, 0.25) is 6.17 Å². The SMILES string of the molecule is O=C(O)C(F)C(F)CF. The van der Waals surface area contributed by atoms with Crippen LogP contribution in [-0.2, 0) is 4.79 Å². The van der Waals surface area contributed by atoms with Crippen molar-refractivity contribution in [1.82, 2.24) is 0 Å². The van der Waals surface area contributed by atoms with Crippen molar-refractivity contribution in [3.05, 3.63) is 0 Å². The van der Waals surface area contributed by atoms with Crippen LogP contribution in [0.4, 0.5) is 13.2 Å². The molecule has 0 aliphatic rings. The van der Waals surface area contributed by atoms with Gasteiger partial charge in [0.1, 0.15) is 6.67 Å². The van der Waals surface area contributed by atoms with E-state index in [0.717, 1.165) is 0 Å². The third-order valence-electron chi connectivity index (χ3n) is 0.701. The van der Waals surface area contributed by atoms with Gasteiger partial charge in [-0.05, 0) is 0 Å². The van der Waals surface area contributed by atoms with Crippen LogP contribution in [0.15, 0.2) is 0 Å². The predicted octanol–water partition coefficient (Wildman–Crippen LogP) is 0.717. The molecule has 0 aromatic rings. The highest BCUT2D eigenvalue weighted by Gasteiger charge is 2.27. The highest BCUT2D eigenvalue weighted by molar-refractivity contribution is 5.72. The molecular weight excluding hydrogens is 137 g/mol. The molecule has 9 heavy (non-hydrogen) atoms. The fraction of sp³-hybridized carbons (Fsp3) is 0.750. The van der Waals surface area contributed by atoms with Gasteiger partial charge in [-0.15, -0.1) is 0 Å². The van der Waals surface area contributed by atoms with Crippen molar-refractivity contribution in [3.8, 4) is 0 Å². The summed E-state index contributed by atoms with van der Waals surface area (Å²) in [6.07, 6.45) is -5.28. The number of carboxylic acid groups (broad SMARTS) is 1. The monoisotopic (exact) mass is 142 g/mol. The van der Waals surface area contributed by atoms with Crippen molar-refractivity contribution in [2.75, 3.05) is 6.67 Å². The van der Waals surface area contributed by atoms with Crippen molar-refractivity contribution >= 4 is 5.97 Å². The Hall–Kier alpha value is -0.740. The molecule has 0 radical (unpaired) electrons. The standard InChI is InChI=1S/C4H5F3O2/c5-1-2(6)3(7)4(8)9/h2-3H,1H2,(H,8,9). The van der Waals surface area contributed by atoms with Crippen LogP contribution in [0.1, 0.15) is 0 Å². The second kappa shape index (κ2) is 3.32. The Labute approximate surface area is 49.3 Å². The van der Waals surface area contributed by atoms with E-state index in [-0.39, 0.29) is 0 Å². The maximum absolute atomic E-state index is 11.7. The van der Waals surface area contributed by atoms with Crippen LogP contribution < -0.4 is 0 Å². The van der Waals surface area contributed by atoms with Gasteiger partial charge in [0, 0.05) is 0 Å². The van der Waals surface area contributed by atoms with Crippen LogP contribution in [0.25, 0.3) is 0 Å². The third kappa shape index (κ3) is 2.34. The summed E-state index contributed by atoms with van der Waals surface area (Å²) in [5, 5.41) is 7.70. The van der Waals surface area contributed by atoms with Gasteiger partial charge in [-0.2, -0.15) is 0 Å². The van der Waals surface area contributed by atoms with Crippen LogP contribution in [-0.4, -0.2) is 30.1 Å². The number of rotatable bonds is 3. The van der Waals surface area contributed by atoms with Crippen LogP contribution in [0.3, 0.4) is 0 Å². The average Bonchev–Trinajstić information content (AvgIpc) is 1.84. The Bertz CT molecular complexity index is 106. The molecule has 0 bridgehead atoms. The summed E-state index contributed by atoms with van der Waals surface area (Å²) in [5.41, 5.74) is 0. The molecule has 54 valence electrons. The zero-order chi connectivity index (χ0) is 7.44. The van der Waals surface area contributed by atoms with Crippen molar-refractivity contribution in [2.45, 2.75) is 12.3 Å². The smallest absolute Gasteiger partial charge is 0.341 e. The molecule has 1 N–H and O–H groups in total. The van der Waals surface area contributed by atoms with Gasteiger partial charge in [-0.1, -0.05) is 0 Å². The van der Waals surface area contributed by atoms with Gasteiger partial charge in [0.05, 0.1) is 0 Å². The number of aliphatic carboxylic acids is 1. The summed E-state index contributed by atoms with van der Waals surface area (Å²) in [4.78, 5) is 9.52. The second-order valence-corrected chi connectivity index (χ2v) is 1.41.